The SMILES string of the molecule is CCOC([C@@H]1C[C@@H](C)[C@H]2C(O1)[C@H](O)[C@@]1(N)C3CC[C@H]4C(C)(C)C(O[C@H]5CN(C6CNC6)CCO5)CCC45CC35CCC21C)C(C)([O-])C(C)C. The summed E-state index contributed by atoms with van der Waals surface area (Å²) in [5.41, 5.74) is 6.13. The lowest BCUT2D eigenvalue weighted by molar-refractivity contribution is -0.511. The highest BCUT2D eigenvalue weighted by Crippen LogP contribution is 2.87. The van der Waals surface area contributed by atoms with Crippen LogP contribution in [-0.2, 0) is 18.9 Å². The Hall–Kier alpha value is -0.360. The molecule has 9 nitrogen and oxygen atoms in total. The van der Waals surface area contributed by atoms with Crippen molar-refractivity contribution in [2.24, 2.45) is 57.0 Å². The van der Waals surface area contributed by atoms with Crippen LogP contribution in [0.5, 0.6) is 0 Å². The summed E-state index contributed by atoms with van der Waals surface area (Å²) in [6, 6.07) is 0.617. The number of rotatable bonds is 8. The molecular formula is C40H68N3O6-. The second-order valence-electron chi connectivity index (χ2n) is 19.7. The van der Waals surface area contributed by atoms with Crippen LogP contribution in [-0.4, -0.2) is 103 Å². The average Bonchev–Trinajstić information content (AvgIpc) is 3.65. The van der Waals surface area contributed by atoms with E-state index in [1.807, 2.05) is 20.8 Å². The normalized spacial score (nSPS) is 52.5. The Bertz CT molecular complexity index is 1260. The monoisotopic (exact) mass is 687 g/mol. The summed E-state index contributed by atoms with van der Waals surface area (Å²) in [6.07, 6.45) is 6.67. The van der Waals surface area contributed by atoms with E-state index in [9.17, 15) is 10.2 Å². The van der Waals surface area contributed by atoms with Crippen molar-refractivity contribution >= 4 is 0 Å². The van der Waals surface area contributed by atoms with Crippen molar-refractivity contribution in [1.29, 1.82) is 0 Å². The Morgan fingerprint density at radius 3 is 2.47 bits per heavy atom. The number of morpholine rings is 1. The number of nitrogens with two attached hydrogens (primary N) is 1. The number of aliphatic hydroxyl groups excluding tert-OH is 1. The predicted molar refractivity (Wildman–Crippen MR) is 186 cm³/mol. The molecule has 0 aromatic heterocycles. The molecule has 5 aliphatic carbocycles. The summed E-state index contributed by atoms with van der Waals surface area (Å²) in [4.78, 5) is 2.56. The van der Waals surface area contributed by atoms with Gasteiger partial charge in [-0.25, -0.2) is 0 Å². The zero-order valence-electron chi connectivity index (χ0n) is 31.8. The Kier molecular flexibility index (Phi) is 8.60. The van der Waals surface area contributed by atoms with Gasteiger partial charge >= 0.3 is 0 Å². The summed E-state index contributed by atoms with van der Waals surface area (Å²) in [7, 11) is 0. The largest absolute Gasteiger partial charge is 0.848 e. The maximum Gasteiger partial charge on any atom is 0.170 e. The van der Waals surface area contributed by atoms with Crippen molar-refractivity contribution in [1.82, 2.24) is 10.2 Å². The first-order valence-corrected chi connectivity index (χ1v) is 20.2. The average molecular weight is 687 g/mol. The summed E-state index contributed by atoms with van der Waals surface area (Å²) >= 11 is 0. The maximum absolute atomic E-state index is 13.9. The lowest BCUT2D eigenvalue weighted by Crippen LogP contribution is -2.70. The first-order chi connectivity index (χ1) is 23.1. The van der Waals surface area contributed by atoms with E-state index in [1.165, 1.54) is 19.3 Å². The topological polar surface area (TPSA) is 122 Å². The molecule has 3 aliphatic heterocycles. The standard InChI is InChI=1S/C40H68N3O6/c1-9-46-34(37(8,45)23(2)3)26-18-24(4)31-32(48-26)33(44)40(41)28-11-10-27-35(5,6)29(49-30-21-43(16-17-47-30)25-19-42-20-25)12-13-38(27)22-39(28,38)15-14-36(31,40)7/h23-34,42,44H,9-22,41H2,1-8H3/q-1/t24-,26+,27+,28?,29?,30+,31+,32?,33+,34?,36?,37?,38?,39?,40+/m1/s1. The molecule has 0 radical (unpaired) electrons. The van der Waals surface area contributed by atoms with Crippen molar-refractivity contribution in [2.45, 2.75) is 161 Å². The lowest BCUT2D eigenvalue weighted by atomic mass is 9.43. The molecule has 0 aromatic carbocycles. The second-order valence-corrected chi connectivity index (χ2v) is 19.7. The van der Waals surface area contributed by atoms with Crippen LogP contribution in [0.25, 0.3) is 0 Å². The van der Waals surface area contributed by atoms with E-state index in [0.717, 1.165) is 64.9 Å². The van der Waals surface area contributed by atoms with Gasteiger partial charge in [-0.3, -0.25) is 4.90 Å². The quantitative estimate of drug-likeness (QED) is 0.351. The molecule has 3 saturated heterocycles. The molecule has 5 saturated carbocycles. The summed E-state index contributed by atoms with van der Waals surface area (Å²) < 4.78 is 26.3. The number of ether oxygens (including phenoxy) is 4. The molecule has 8 fully saturated rings. The van der Waals surface area contributed by atoms with Gasteiger partial charge in [-0.2, -0.15) is 0 Å². The molecule has 4 N–H and O–H groups in total. The van der Waals surface area contributed by atoms with Gasteiger partial charge in [0, 0.05) is 38.8 Å². The smallest absolute Gasteiger partial charge is 0.170 e. The lowest BCUT2D eigenvalue weighted by Gasteiger charge is -2.63. The van der Waals surface area contributed by atoms with Crippen LogP contribution in [0, 0.1) is 51.2 Å². The fraction of sp³-hybridized carbons (Fsp3) is 1.00. The number of hydrogen-bond acceptors (Lipinski definition) is 9. The van der Waals surface area contributed by atoms with Gasteiger partial charge in [-0.15, -0.1) is 0 Å². The van der Waals surface area contributed by atoms with Gasteiger partial charge in [0.25, 0.3) is 0 Å². The van der Waals surface area contributed by atoms with Gasteiger partial charge in [0.1, 0.15) is 0 Å². The summed E-state index contributed by atoms with van der Waals surface area (Å²) in [5.74, 6) is 1.20. The number of aliphatic hydroxyl groups is 1. The highest BCUT2D eigenvalue weighted by Gasteiger charge is 2.85. The van der Waals surface area contributed by atoms with E-state index in [0.29, 0.717) is 18.6 Å². The maximum atomic E-state index is 13.9. The second kappa shape index (κ2) is 11.8. The van der Waals surface area contributed by atoms with E-state index >= 15 is 0 Å². The van der Waals surface area contributed by atoms with Crippen molar-refractivity contribution in [3.05, 3.63) is 0 Å². The van der Waals surface area contributed by atoms with Gasteiger partial charge < -0.3 is 40.2 Å². The van der Waals surface area contributed by atoms with E-state index in [4.69, 9.17) is 24.7 Å². The molecule has 280 valence electrons. The fourth-order valence-corrected chi connectivity index (χ4v) is 14.3. The van der Waals surface area contributed by atoms with Gasteiger partial charge in [0.05, 0.1) is 42.7 Å². The minimum atomic E-state index is -1.29. The van der Waals surface area contributed by atoms with Gasteiger partial charge in [0.15, 0.2) is 6.29 Å². The minimum Gasteiger partial charge on any atom is -0.848 e. The molecule has 0 bridgehead atoms. The molecule has 0 amide bonds. The molecule has 0 aromatic rings. The van der Waals surface area contributed by atoms with Crippen LogP contribution >= 0.6 is 0 Å². The first kappa shape index (κ1) is 35.7. The predicted octanol–water partition coefficient (Wildman–Crippen LogP) is 3.69. The van der Waals surface area contributed by atoms with E-state index in [-0.39, 0.29) is 69.9 Å². The Labute approximate surface area is 296 Å². The molecule has 8 aliphatic rings. The van der Waals surface area contributed by atoms with E-state index < -0.39 is 23.3 Å². The number of fused-ring (bicyclic) bond motifs is 4. The summed E-state index contributed by atoms with van der Waals surface area (Å²) in [5, 5.41) is 29.9. The molecule has 8 unspecified atom stereocenters. The van der Waals surface area contributed by atoms with Crippen molar-refractivity contribution in [2.75, 3.05) is 39.4 Å². The van der Waals surface area contributed by atoms with Crippen LogP contribution < -0.4 is 16.2 Å². The third-order valence-corrected chi connectivity index (χ3v) is 17.3. The van der Waals surface area contributed by atoms with Gasteiger partial charge in [-0.1, -0.05) is 60.0 Å². The minimum absolute atomic E-state index is 0.0434. The summed E-state index contributed by atoms with van der Waals surface area (Å²) in [6.45, 7) is 22.6. The van der Waals surface area contributed by atoms with Crippen LogP contribution in [0.3, 0.4) is 0 Å². The molecule has 8 rings (SSSR count). The first-order valence-electron chi connectivity index (χ1n) is 20.2. The number of nitrogens with zero attached hydrogens (tertiary/aromatic N) is 1. The van der Waals surface area contributed by atoms with Gasteiger partial charge in [-0.05, 0) is 104 Å². The van der Waals surface area contributed by atoms with Crippen molar-refractivity contribution in [3.8, 4) is 0 Å². The molecule has 2 spiro atoms. The molecule has 3 heterocycles. The fourth-order valence-electron chi connectivity index (χ4n) is 14.3. The Morgan fingerprint density at radius 2 is 1.80 bits per heavy atom. The Balaban J connectivity index is 1.03. The third-order valence-electron chi connectivity index (χ3n) is 17.3. The third kappa shape index (κ3) is 4.74. The number of hydrogen-bond donors (Lipinski definition) is 3. The van der Waals surface area contributed by atoms with E-state index in [2.05, 4.69) is 37.9 Å². The molecular weight excluding hydrogens is 618 g/mol. The van der Waals surface area contributed by atoms with Crippen LogP contribution in [0.2, 0.25) is 0 Å². The van der Waals surface area contributed by atoms with Crippen LogP contribution in [0.1, 0.15) is 107 Å². The Morgan fingerprint density at radius 1 is 1.08 bits per heavy atom. The van der Waals surface area contributed by atoms with Crippen molar-refractivity contribution < 1.29 is 29.2 Å². The van der Waals surface area contributed by atoms with Crippen molar-refractivity contribution in [3.63, 3.8) is 0 Å². The van der Waals surface area contributed by atoms with Crippen LogP contribution in [0.4, 0.5) is 0 Å². The zero-order chi connectivity index (χ0) is 34.9. The molecule has 15 atom stereocenters. The van der Waals surface area contributed by atoms with E-state index in [1.54, 1.807) is 6.92 Å². The van der Waals surface area contributed by atoms with Crippen LogP contribution in [0.15, 0.2) is 0 Å². The molecule has 9 heteroatoms. The van der Waals surface area contributed by atoms with Gasteiger partial charge in [0.2, 0.25) is 0 Å². The molecule has 49 heavy (non-hydrogen) atoms. The number of nitrogens with one attached hydrogen (secondary N) is 1. The highest BCUT2D eigenvalue weighted by atomic mass is 16.7. The highest BCUT2D eigenvalue weighted by molar-refractivity contribution is 5.35. The zero-order valence-corrected chi connectivity index (χ0v) is 31.8.